The largest absolute Gasteiger partial charge is 0.304 e. The Labute approximate surface area is 128 Å². The summed E-state index contributed by atoms with van der Waals surface area (Å²) >= 11 is 0. The lowest BCUT2D eigenvalue weighted by Gasteiger charge is -2.38. The Bertz CT molecular complexity index is 459. The summed E-state index contributed by atoms with van der Waals surface area (Å²) in [6, 6.07) is 12.7. The molecule has 1 aliphatic heterocycles. The van der Waals surface area contributed by atoms with E-state index in [2.05, 4.69) is 47.3 Å². The molecule has 1 aliphatic rings. The molecule has 0 spiro atoms. The fraction of sp³-hybridized carbons (Fsp3) is 0.588. The van der Waals surface area contributed by atoms with E-state index >= 15 is 0 Å². The molecular formula is C17H26N4. The molecule has 0 amide bonds. The number of hydrogen-bond acceptors (Lipinski definition) is 4. The Hall–Kier alpha value is -1.41. The Morgan fingerprint density at radius 2 is 1.86 bits per heavy atom. The zero-order valence-electron chi connectivity index (χ0n) is 13.2. The average Bonchev–Trinajstić information content (AvgIpc) is 2.54. The number of nitriles is 1. The molecule has 0 saturated carbocycles. The topological polar surface area (TPSA) is 42.3 Å². The molecule has 0 bridgehead atoms. The van der Waals surface area contributed by atoms with Crippen LogP contribution >= 0.6 is 0 Å². The number of nitrogens with zero attached hydrogens (tertiary/aromatic N) is 3. The Morgan fingerprint density at radius 1 is 1.19 bits per heavy atom. The molecule has 1 atom stereocenters. The molecular weight excluding hydrogens is 260 g/mol. The Kier molecular flexibility index (Phi) is 5.75. The molecule has 1 saturated heterocycles. The van der Waals surface area contributed by atoms with Crippen LogP contribution in [0, 0.1) is 11.3 Å². The summed E-state index contributed by atoms with van der Waals surface area (Å²) in [6.45, 7) is 7.95. The third-order valence-electron chi connectivity index (χ3n) is 4.19. The number of likely N-dealkylation sites (N-methyl/N-ethyl adjacent to an activating group) is 1. The smallest absolute Gasteiger partial charge is 0.145 e. The van der Waals surface area contributed by atoms with Crippen molar-refractivity contribution in [3.63, 3.8) is 0 Å². The van der Waals surface area contributed by atoms with Crippen LogP contribution in [0.1, 0.15) is 18.9 Å². The van der Waals surface area contributed by atoms with Crippen molar-refractivity contribution in [2.45, 2.75) is 18.9 Å². The summed E-state index contributed by atoms with van der Waals surface area (Å²) in [6.07, 6.45) is 1.03. The Balaban J connectivity index is 2.17. The van der Waals surface area contributed by atoms with Crippen LogP contribution in [-0.2, 0) is 5.54 Å². The normalized spacial score (nSPS) is 19.9. The van der Waals surface area contributed by atoms with Crippen LogP contribution < -0.4 is 5.32 Å². The van der Waals surface area contributed by atoms with Crippen molar-refractivity contribution in [2.75, 3.05) is 46.3 Å². The summed E-state index contributed by atoms with van der Waals surface area (Å²) in [5.41, 5.74) is 0.465. The van der Waals surface area contributed by atoms with Crippen LogP contribution in [0.4, 0.5) is 0 Å². The lowest BCUT2D eigenvalue weighted by molar-refractivity contribution is 0.128. The fourth-order valence-corrected chi connectivity index (χ4v) is 2.79. The number of nitrogens with one attached hydrogen (secondary N) is 1. The molecule has 4 nitrogen and oxygen atoms in total. The predicted molar refractivity (Wildman–Crippen MR) is 86.0 cm³/mol. The van der Waals surface area contributed by atoms with Gasteiger partial charge in [0.1, 0.15) is 5.54 Å². The minimum atomic E-state index is -0.604. The van der Waals surface area contributed by atoms with E-state index in [0.717, 1.165) is 51.3 Å². The molecule has 2 rings (SSSR count). The minimum Gasteiger partial charge on any atom is -0.304 e. The van der Waals surface area contributed by atoms with Gasteiger partial charge in [-0.05, 0) is 25.6 Å². The van der Waals surface area contributed by atoms with Crippen LogP contribution in [0.3, 0.4) is 0 Å². The quantitative estimate of drug-likeness (QED) is 0.863. The van der Waals surface area contributed by atoms with Crippen LogP contribution in [-0.4, -0.2) is 56.1 Å². The van der Waals surface area contributed by atoms with E-state index in [0.29, 0.717) is 0 Å². The van der Waals surface area contributed by atoms with Crippen molar-refractivity contribution in [2.24, 2.45) is 0 Å². The maximum atomic E-state index is 9.89. The highest BCUT2D eigenvalue weighted by molar-refractivity contribution is 5.32. The second kappa shape index (κ2) is 7.56. The van der Waals surface area contributed by atoms with Gasteiger partial charge in [-0.15, -0.1) is 0 Å². The van der Waals surface area contributed by atoms with E-state index in [9.17, 15) is 5.26 Å². The monoisotopic (exact) mass is 286 g/mol. The minimum absolute atomic E-state index is 0.604. The molecule has 1 heterocycles. The average molecular weight is 286 g/mol. The number of hydrogen-bond donors (Lipinski definition) is 1. The highest BCUT2D eigenvalue weighted by Gasteiger charge is 2.34. The summed E-state index contributed by atoms with van der Waals surface area (Å²) in [5.74, 6) is 0. The lowest BCUT2D eigenvalue weighted by atomic mass is 9.90. The first-order chi connectivity index (χ1) is 10.2. The third kappa shape index (κ3) is 4.04. The van der Waals surface area contributed by atoms with Gasteiger partial charge < -0.3 is 4.90 Å². The maximum absolute atomic E-state index is 9.89. The molecule has 114 valence electrons. The van der Waals surface area contributed by atoms with E-state index in [1.807, 2.05) is 18.2 Å². The van der Waals surface area contributed by atoms with Crippen LogP contribution in [0.15, 0.2) is 30.3 Å². The van der Waals surface area contributed by atoms with Crippen LogP contribution in [0.2, 0.25) is 0 Å². The van der Waals surface area contributed by atoms with Gasteiger partial charge in [-0.3, -0.25) is 10.2 Å². The molecule has 1 aromatic rings. The molecule has 0 aromatic heterocycles. The van der Waals surface area contributed by atoms with Gasteiger partial charge in [0.15, 0.2) is 0 Å². The molecule has 4 heteroatoms. The van der Waals surface area contributed by atoms with Crippen molar-refractivity contribution in [3.8, 4) is 6.07 Å². The van der Waals surface area contributed by atoms with Crippen molar-refractivity contribution in [1.82, 2.24) is 15.1 Å². The van der Waals surface area contributed by atoms with Crippen molar-refractivity contribution in [3.05, 3.63) is 35.9 Å². The summed E-state index contributed by atoms with van der Waals surface area (Å²) < 4.78 is 0. The number of piperazine rings is 1. The molecule has 1 unspecified atom stereocenters. The lowest BCUT2D eigenvalue weighted by Crippen LogP contribution is -2.54. The van der Waals surface area contributed by atoms with Crippen molar-refractivity contribution in [1.29, 1.82) is 5.26 Å². The van der Waals surface area contributed by atoms with Gasteiger partial charge in [0.25, 0.3) is 0 Å². The summed E-state index contributed by atoms with van der Waals surface area (Å²) in [4.78, 5) is 4.74. The fourth-order valence-electron chi connectivity index (χ4n) is 2.79. The summed E-state index contributed by atoms with van der Waals surface area (Å²) in [5, 5.41) is 13.4. The Morgan fingerprint density at radius 3 is 2.43 bits per heavy atom. The molecule has 21 heavy (non-hydrogen) atoms. The third-order valence-corrected chi connectivity index (χ3v) is 4.19. The van der Waals surface area contributed by atoms with Crippen LogP contribution in [0.25, 0.3) is 0 Å². The maximum Gasteiger partial charge on any atom is 0.145 e. The van der Waals surface area contributed by atoms with Gasteiger partial charge in [-0.1, -0.05) is 37.3 Å². The predicted octanol–water partition coefficient (Wildman–Crippen LogP) is 1.65. The van der Waals surface area contributed by atoms with E-state index in [1.54, 1.807) is 0 Å². The highest BCUT2D eigenvalue weighted by atomic mass is 15.3. The number of rotatable bonds is 6. The van der Waals surface area contributed by atoms with Gasteiger partial charge in [0.05, 0.1) is 6.07 Å². The summed E-state index contributed by atoms with van der Waals surface area (Å²) in [7, 11) is 2.15. The molecule has 1 N–H and O–H groups in total. The zero-order valence-corrected chi connectivity index (χ0v) is 13.2. The van der Waals surface area contributed by atoms with Gasteiger partial charge in [0, 0.05) is 32.7 Å². The second-order valence-corrected chi connectivity index (χ2v) is 5.89. The van der Waals surface area contributed by atoms with E-state index in [-0.39, 0.29) is 0 Å². The van der Waals surface area contributed by atoms with E-state index in [1.165, 1.54) is 0 Å². The SMILES string of the molecule is CCCNC(C#N)(CN1CCN(C)CC1)c1ccccc1. The molecule has 1 aromatic carbocycles. The zero-order chi connectivity index (χ0) is 15.1. The second-order valence-electron chi connectivity index (χ2n) is 5.89. The first kappa shape index (κ1) is 16.0. The van der Waals surface area contributed by atoms with Gasteiger partial charge in [0.2, 0.25) is 0 Å². The standard InChI is InChI=1S/C17H26N4/c1-3-9-19-17(14-18,16-7-5-4-6-8-16)15-21-12-10-20(2)11-13-21/h4-8,19H,3,9-13,15H2,1-2H3. The van der Waals surface area contributed by atoms with Crippen LogP contribution in [0.5, 0.6) is 0 Å². The molecule has 0 radical (unpaired) electrons. The molecule has 0 aliphatic carbocycles. The van der Waals surface area contributed by atoms with E-state index < -0.39 is 5.54 Å². The van der Waals surface area contributed by atoms with Gasteiger partial charge in [-0.25, -0.2) is 0 Å². The van der Waals surface area contributed by atoms with Crippen molar-refractivity contribution < 1.29 is 0 Å². The van der Waals surface area contributed by atoms with Crippen molar-refractivity contribution >= 4 is 0 Å². The number of benzene rings is 1. The molecule has 1 fully saturated rings. The van der Waals surface area contributed by atoms with E-state index in [4.69, 9.17) is 0 Å². The van der Waals surface area contributed by atoms with Gasteiger partial charge in [-0.2, -0.15) is 5.26 Å². The van der Waals surface area contributed by atoms with Gasteiger partial charge >= 0.3 is 0 Å². The highest BCUT2D eigenvalue weighted by Crippen LogP contribution is 2.22. The first-order valence-electron chi connectivity index (χ1n) is 7.83. The first-order valence-corrected chi connectivity index (χ1v) is 7.83.